The molecule has 0 atom stereocenters. The normalized spacial score (nSPS) is 15.0. The zero-order valence-corrected chi connectivity index (χ0v) is 11.0. The van der Waals surface area contributed by atoms with Crippen LogP contribution in [0.5, 0.6) is 6.01 Å². The van der Waals surface area contributed by atoms with Gasteiger partial charge in [-0.25, -0.2) is 4.98 Å². The number of hydrogen-bond donors (Lipinski definition) is 0. The second-order valence-electron chi connectivity index (χ2n) is 4.77. The van der Waals surface area contributed by atoms with E-state index in [1.165, 1.54) is 11.1 Å². The summed E-state index contributed by atoms with van der Waals surface area (Å²) in [6.07, 6.45) is 2.85. The van der Waals surface area contributed by atoms with Crippen molar-refractivity contribution in [2.75, 3.05) is 13.7 Å². The van der Waals surface area contributed by atoms with Gasteiger partial charge in [0.1, 0.15) is 0 Å². The van der Waals surface area contributed by atoms with Crippen molar-refractivity contribution in [3.63, 3.8) is 0 Å². The average molecular weight is 255 g/mol. The van der Waals surface area contributed by atoms with Crippen LogP contribution in [0.1, 0.15) is 16.8 Å². The first-order valence-corrected chi connectivity index (χ1v) is 6.50. The lowest BCUT2D eigenvalue weighted by atomic mass is 10.1. The van der Waals surface area contributed by atoms with E-state index in [0.29, 0.717) is 6.01 Å². The standard InChI is InChI=1S/C15H17N3O/c1-19-15-16-9-13-11-18(8-7-14(13)17-15)10-12-5-3-2-4-6-12/h2-6,9H,7-8,10-11H2,1H3. The van der Waals surface area contributed by atoms with Gasteiger partial charge in [0.25, 0.3) is 0 Å². The molecule has 4 nitrogen and oxygen atoms in total. The summed E-state index contributed by atoms with van der Waals surface area (Å²) in [4.78, 5) is 11.0. The molecule has 2 aromatic rings. The van der Waals surface area contributed by atoms with Gasteiger partial charge >= 0.3 is 6.01 Å². The molecule has 0 aliphatic carbocycles. The van der Waals surface area contributed by atoms with Crippen molar-refractivity contribution in [3.8, 4) is 6.01 Å². The Morgan fingerprint density at radius 1 is 1.26 bits per heavy atom. The van der Waals surface area contributed by atoms with Gasteiger partial charge in [-0.3, -0.25) is 4.90 Å². The van der Waals surface area contributed by atoms with Crippen LogP contribution in [-0.4, -0.2) is 28.5 Å². The molecule has 0 spiro atoms. The molecule has 0 bridgehead atoms. The third-order valence-corrected chi connectivity index (χ3v) is 3.42. The van der Waals surface area contributed by atoms with Crippen molar-refractivity contribution in [3.05, 3.63) is 53.3 Å². The number of hydrogen-bond acceptors (Lipinski definition) is 4. The first-order chi connectivity index (χ1) is 9.35. The van der Waals surface area contributed by atoms with Crippen molar-refractivity contribution >= 4 is 0 Å². The van der Waals surface area contributed by atoms with Crippen molar-refractivity contribution in [1.29, 1.82) is 0 Å². The maximum atomic E-state index is 5.07. The fraction of sp³-hybridized carbons (Fsp3) is 0.333. The topological polar surface area (TPSA) is 38.3 Å². The minimum atomic E-state index is 0.468. The highest BCUT2D eigenvalue weighted by atomic mass is 16.5. The summed E-state index contributed by atoms with van der Waals surface area (Å²) >= 11 is 0. The van der Waals surface area contributed by atoms with Crippen LogP contribution >= 0.6 is 0 Å². The molecule has 0 amide bonds. The van der Waals surface area contributed by atoms with E-state index in [9.17, 15) is 0 Å². The third kappa shape index (κ3) is 2.74. The summed E-state index contributed by atoms with van der Waals surface area (Å²) in [5.41, 5.74) is 3.68. The maximum absolute atomic E-state index is 5.07. The van der Waals surface area contributed by atoms with E-state index in [0.717, 1.165) is 31.7 Å². The van der Waals surface area contributed by atoms with E-state index in [4.69, 9.17) is 4.74 Å². The fourth-order valence-corrected chi connectivity index (χ4v) is 2.43. The van der Waals surface area contributed by atoms with Crippen LogP contribution in [-0.2, 0) is 19.5 Å². The van der Waals surface area contributed by atoms with Crippen molar-refractivity contribution in [2.45, 2.75) is 19.5 Å². The number of benzene rings is 1. The molecule has 2 heterocycles. The van der Waals surface area contributed by atoms with Crippen molar-refractivity contribution in [1.82, 2.24) is 14.9 Å². The van der Waals surface area contributed by atoms with Gasteiger partial charge in [0.15, 0.2) is 0 Å². The molecule has 3 rings (SSSR count). The monoisotopic (exact) mass is 255 g/mol. The molecule has 0 fully saturated rings. The molecule has 1 aliphatic rings. The molecule has 0 radical (unpaired) electrons. The minimum Gasteiger partial charge on any atom is -0.467 e. The van der Waals surface area contributed by atoms with Crippen LogP contribution in [0.25, 0.3) is 0 Å². The van der Waals surface area contributed by atoms with Gasteiger partial charge in [0, 0.05) is 37.8 Å². The van der Waals surface area contributed by atoms with Crippen LogP contribution in [0, 0.1) is 0 Å². The quantitative estimate of drug-likeness (QED) is 0.841. The number of methoxy groups -OCH3 is 1. The Morgan fingerprint density at radius 2 is 2.11 bits per heavy atom. The number of rotatable bonds is 3. The third-order valence-electron chi connectivity index (χ3n) is 3.42. The first kappa shape index (κ1) is 12.1. The molecule has 4 heteroatoms. The fourth-order valence-electron chi connectivity index (χ4n) is 2.43. The van der Waals surface area contributed by atoms with Gasteiger partial charge in [-0.1, -0.05) is 30.3 Å². The molecule has 98 valence electrons. The van der Waals surface area contributed by atoms with Gasteiger partial charge in [-0.2, -0.15) is 4.98 Å². The molecular formula is C15H17N3O. The highest BCUT2D eigenvalue weighted by molar-refractivity contribution is 5.22. The van der Waals surface area contributed by atoms with E-state index in [2.05, 4.69) is 45.2 Å². The van der Waals surface area contributed by atoms with Gasteiger partial charge < -0.3 is 4.74 Å². The first-order valence-electron chi connectivity index (χ1n) is 6.50. The van der Waals surface area contributed by atoms with E-state index in [1.807, 2.05) is 6.20 Å². The molecule has 0 N–H and O–H groups in total. The van der Waals surface area contributed by atoms with Crippen molar-refractivity contribution < 1.29 is 4.74 Å². The molecular weight excluding hydrogens is 238 g/mol. The lowest BCUT2D eigenvalue weighted by Gasteiger charge is -2.27. The summed E-state index contributed by atoms with van der Waals surface area (Å²) in [6, 6.07) is 11.0. The van der Waals surface area contributed by atoms with Crippen LogP contribution in [0.15, 0.2) is 36.5 Å². The van der Waals surface area contributed by atoms with Gasteiger partial charge in [-0.05, 0) is 5.56 Å². The number of ether oxygens (including phenoxy) is 1. The van der Waals surface area contributed by atoms with Crippen LogP contribution < -0.4 is 4.74 Å². The predicted octanol–water partition coefficient (Wildman–Crippen LogP) is 2.04. The van der Waals surface area contributed by atoms with Crippen LogP contribution in [0.3, 0.4) is 0 Å². The van der Waals surface area contributed by atoms with E-state index >= 15 is 0 Å². The van der Waals surface area contributed by atoms with Crippen LogP contribution in [0.4, 0.5) is 0 Å². The van der Waals surface area contributed by atoms with Gasteiger partial charge in [0.2, 0.25) is 0 Å². The molecule has 0 saturated heterocycles. The predicted molar refractivity (Wildman–Crippen MR) is 72.8 cm³/mol. The zero-order chi connectivity index (χ0) is 13.1. The molecule has 0 saturated carbocycles. The SMILES string of the molecule is COc1ncc2c(n1)CCN(Cc1ccccc1)C2. The second kappa shape index (κ2) is 5.36. The molecule has 1 aliphatic heterocycles. The zero-order valence-electron chi connectivity index (χ0n) is 11.0. The summed E-state index contributed by atoms with van der Waals surface area (Å²) in [7, 11) is 1.60. The van der Waals surface area contributed by atoms with Gasteiger partial charge in [0.05, 0.1) is 12.8 Å². The summed E-state index contributed by atoms with van der Waals surface area (Å²) in [5, 5.41) is 0. The summed E-state index contributed by atoms with van der Waals surface area (Å²) in [5.74, 6) is 0. The highest BCUT2D eigenvalue weighted by Crippen LogP contribution is 2.19. The lowest BCUT2D eigenvalue weighted by Crippen LogP contribution is -2.30. The second-order valence-corrected chi connectivity index (χ2v) is 4.77. The molecule has 0 unspecified atom stereocenters. The number of aromatic nitrogens is 2. The van der Waals surface area contributed by atoms with E-state index in [-0.39, 0.29) is 0 Å². The Bertz CT molecular complexity index is 557. The van der Waals surface area contributed by atoms with Crippen LogP contribution in [0.2, 0.25) is 0 Å². The van der Waals surface area contributed by atoms with E-state index in [1.54, 1.807) is 7.11 Å². The molecule has 19 heavy (non-hydrogen) atoms. The minimum absolute atomic E-state index is 0.468. The van der Waals surface area contributed by atoms with Gasteiger partial charge in [-0.15, -0.1) is 0 Å². The Hall–Kier alpha value is -1.94. The number of nitrogens with zero attached hydrogens (tertiary/aromatic N) is 3. The number of fused-ring (bicyclic) bond motifs is 1. The summed E-state index contributed by atoms with van der Waals surface area (Å²) in [6.45, 7) is 2.92. The molecule has 1 aromatic carbocycles. The Labute approximate surface area is 113 Å². The largest absolute Gasteiger partial charge is 0.467 e. The Morgan fingerprint density at radius 3 is 2.89 bits per heavy atom. The average Bonchev–Trinajstić information content (AvgIpc) is 2.48. The maximum Gasteiger partial charge on any atom is 0.316 e. The van der Waals surface area contributed by atoms with Crippen molar-refractivity contribution in [2.24, 2.45) is 0 Å². The van der Waals surface area contributed by atoms with E-state index < -0.39 is 0 Å². The Balaban J connectivity index is 1.72. The smallest absolute Gasteiger partial charge is 0.316 e. The lowest BCUT2D eigenvalue weighted by molar-refractivity contribution is 0.241. The Kier molecular flexibility index (Phi) is 3.42. The highest BCUT2D eigenvalue weighted by Gasteiger charge is 2.18. The molecule has 1 aromatic heterocycles. The summed E-state index contributed by atoms with van der Waals surface area (Å²) < 4.78 is 5.07.